The van der Waals surface area contributed by atoms with Crippen LogP contribution in [0, 0.1) is 29.1 Å². The van der Waals surface area contributed by atoms with E-state index in [1.165, 1.54) is 19.3 Å². The van der Waals surface area contributed by atoms with Gasteiger partial charge in [0.05, 0.1) is 6.07 Å². The molecule has 0 aromatic heterocycles. The Morgan fingerprint density at radius 2 is 2.05 bits per heavy atom. The smallest absolute Gasteiger partial charge is 0.225 e. The van der Waals surface area contributed by atoms with Gasteiger partial charge in [0.1, 0.15) is 4.75 Å². The largest absolute Gasteiger partial charge is 0.342 e. The van der Waals surface area contributed by atoms with Crippen LogP contribution >= 0.6 is 11.8 Å². The van der Waals surface area contributed by atoms with Gasteiger partial charge < -0.3 is 4.90 Å². The Kier molecular flexibility index (Phi) is 3.51. The molecule has 2 bridgehead atoms. The predicted octanol–water partition coefficient (Wildman–Crippen LogP) is 2.67. The number of nitriles is 1. The number of hydrogen-bond acceptors (Lipinski definition) is 3. The van der Waals surface area contributed by atoms with Crippen LogP contribution in [-0.2, 0) is 4.79 Å². The van der Waals surface area contributed by atoms with Crippen LogP contribution in [0.5, 0.6) is 0 Å². The average Bonchev–Trinajstić information content (AvgIpc) is 3.09. The topological polar surface area (TPSA) is 44.1 Å². The van der Waals surface area contributed by atoms with E-state index in [-0.39, 0.29) is 4.75 Å². The second kappa shape index (κ2) is 5.01. The lowest BCUT2D eigenvalue weighted by atomic mass is 9.86. The molecular formula is C15H22N2OS. The maximum atomic E-state index is 12.6. The monoisotopic (exact) mass is 278 g/mol. The third-order valence-corrected chi connectivity index (χ3v) is 6.81. The van der Waals surface area contributed by atoms with Crippen molar-refractivity contribution in [1.82, 2.24) is 4.90 Å². The zero-order valence-electron chi connectivity index (χ0n) is 11.6. The lowest BCUT2D eigenvalue weighted by Gasteiger charge is -2.38. The molecule has 3 atom stereocenters. The first-order valence-corrected chi connectivity index (χ1v) is 8.65. The van der Waals surface area contributed by atoms with Gasteiger partial charge in [-0.1, -0.05) is 6.42 Å². The Hall–Kier alpha value is -0.690. The van der Waals surface area contributed by atoms with E-state index in [1.54, 1.807) is 11.8 Å². The normalized spacial score (nSPS) is 36.2. The molecule has 2 aliphatic carbocycles. The molecule has 2 saturated carbocycles. The van der Waals surface area contributed by atoms with Crippen molar-refractivity contribution in [2.75, 3.05) is 19.3 Å². The van der Waals surface area contributed by atoms with Gasteiger partial charge in [0, 0.05) is 19.0 Å². The standard InChI is InChI=1S/C15H22N2OS/c1-19-15(10-16)4-6-17(7-5-15)14(18)13-9-11-2-3-12(13)8-11/h11-13H,2-9H2,1H3. The molecule has 3 rings (SSSR count). The first-order chi connectivity index (χ1) is 9.17. The first-order valence-electron chi connectivity index (χ1n) is 7.42. The van der Waals surface area contributed by atoms with Crippen LogP contribution in [0.15, 0.2) is 0 Å². The van der Waals surface area contributed by atoms with Gasteiger partial charge in [-0.05, 0) is 50.2 Å². The number of carbonyl (C=O) groups is 1. The van der Waals surface area contributed by atoms with E-state index >= 15 is 0 Å². The average molecular weight is 278 g/mol. The minimum Gasteiger partial charge on any atom is -0.342 e. The maximum absolute atomic E-state index is 12.6. The molecule has 0 aromatic rings. The minimum absolute atomic E-state index is 0.245. The molecule has 104 valence electrons. The van der Waals surface area contributed by atoms with Crippen LogP contribution in [0.3, 0.4) is 0 Å². The zero-order valence-corrected chi connectivity index (χ0v) is 12.4. The number of fused-ring (bicyclic) bond motifs is 2. The van der Waals surface area contributed by atoms with Crippen molar-refractivity contribution in [2.24, 2.45) is 17.8 Å². The van der Waals surface area contributed by atoms with Crippen molar-refractivity contribution in [3.05, 3.63) is 0 Å². The molecule has 3 aliphatic rings. The number of amides is 1. The molecule has 0 spiro atoms. The Balaban J connectivity index is 1.60. The van der Waals surface area contributed by atoms with Crippen molar-refractivity contribution in [1.29, 1.82) is 5.26 Å². The zero-order chi connectivity index (χ0) is 13.5. The molecule has 19 heavy (non-hydrogen) atoms. The molecule has 0 N–H and O–H groups in total. The lowest BCUT2D eigenvalue weighted by molar-refractivity contribution is -0.138. The fraction of sp³-hybridized carbons (Fsp3) is 0.867. The highest BCUT2D eigenvalue weighted by molar-refractivity contribution is 8.00. The van der Waals surface area contributed by atoms with Gasteiger partial charge in [0.2, 0.25) is 5.91 Å². The number of likely N-dealkylation sites (tertiary alicyclic amines) is 1. The number of hydrogen-bond donors (Lipinski definition) is 0. The van der Waals surface area contributed by atoms with Crippen LogP contribution in [0.4, 0.5) is 0 Å². The second-order valence-corrected chi connectivity index (χ2v) is 7.61. The maximum Gasteiger partial charge on any atom is 0.225 e. The van der Waals surface area contributed by atoms with Crippen molar-refractivity contribution in [2.45, 2.75) is 43.3 Å². The molecule has 1 aliphatic heterocycles. The molecule has 0 aromatic carbocycles. The summed E-state index contributed by atoms with van der Waals surface area (Å²) in [7, 11) is 0. The highest BCUT2D eigenvalue weighted by Crippen LogP contribution is 2.49. The summed E-state index contributed by atoms with van der Waals surface area (Å²) in [6, 6.07) is 2.45. The Labute approximate surface area is 119 Å². The van der Waals surface area contributed by atoms with Gasteiger partial charge in [0.25, 0.3) is 0 Å². The Morgan fingerprint density at radius 3 is 2.53 bits per heavy atom. The third kappa shape index (κ3) is 2.27. The first kappa shape index (κ1) is 13.3. The van der Waals surface area contributed by atoms with Crippen LogP contribution in [-0.4, -0.2) is 34.9 Å². The number of piperidine rings is 1. The number of rotatable bonds is 2. The molecule has 1 heterocycles. The van der Waals surface area contributed by atoms with E-state index in [0.717, 1.165) is 38.3 Å². The summed E-state index contributed by atoms with van der Waals surface area (Å²) in [5.41, 5.74) is 0. The van der Waals surface area contributed by atoms with Gasteiger partial charge in [0.15, 0.2) is 0 Å². The lowest BCUT2D eigenvalue weighted by Crippen LogP contribution is -2.47. The van der Waals surface area contributed by atoms with Crippen LogP contribution in [0.25, 0.3) is 0 Å². The summed E-state index contributed by atoms with van der Waals surface area (Å²) < 4.78 is -0.245. The van der Waals surface area contributed by atoms with Crippen molar-refractivity contribution in [3.8, 4) is 6.07 Å². The van der Waals surface area contributed by atoms with E-state index < -0.39 is 0 Å². The SMILES string of the molecule is CSC1(C#N)CCN(C(=O)C2CC3CCC2C3)CC1. The Morgan fingerprint density at radius 1 is 1.32 bits per heavy atom. The van der Waals surface area contributed by atoms with E-state index in [0.29, 0.717) is 17.7 Å². The van der Waals surface area contributed by atoms with Gasteiger partial charge in [-0.3, -0.25) is 4.79 Å². The predicted molar refractivity (Wildman–Crippen MR) is 76.6 cm³/mol. The van der Waals surface area contributed by atoms with Gasteiger partial charge >= 0.3 is 0 Å². The van der Waals surface area contributed by atoms with Crippen LogP contribution < -0.4 is 0 Å². The number of nitrogens with zero attached hydrogens (tertiary/aromatic N) is 2. The van der Waals surface area contributed by atoms with Gasteiger partial charge in [-0.2, -0.15) is 5.26 Å². The van der Waals surface area contributed by atoms with E-state index in [1.807, 2.05) is 11.2 Å². The molecular weight excluding hydrogens is 256 g/mol. The van der Waals surface area contributed by atoms with E-state index in [9.17, 15) is 10.1 Å². The quantitative estimate of drug-likeness (QED) is 0.780. The fourth-order valence-electron chi connectivity index (χ4n) is 4.23. The summed E-state index contributed by atoms with van der Waals surface area (Å²) in [4.78, 5) is 14.7. The van der Waals surface area contributed by atoms with Gasteiger partial charge in [-0.25, -0.2) is 0 Å². The molecule has 3 fully saturated rings. The second-order valence-electron chi connectivity index (χ2n) is 6.42. The third-order valence-electron chi connectivity index (χ3n) is 5.53. The minimum atomic E-state index is -0.245. The summed E-state index contributed by atoms with van der Waals surface area (Å²) in [5.74, 6) is 2.19. The summed E-state index contributed by atoms with van der Waals surface area (Å²) in [6.07, 6.45) is 8.70. The van der Waals surface area contributed by atoms with Gasteiger partial charge in [-0.15, -0.1) is 11.8 Å². The van der Waals surface area contributed by atoms with Crippen LogP contribution in [0.1, 0.15) is 38.5 Å². The summed E-state index contributed by atoms with van der Waals surface area (Å²) >= 11 is 1.65. The van der Waals surface area contributed by atoms with Crippen molar-refractivity contribution < 1.29 is 4.79 Å². The highest BCUT2D eigenvalue weighted by Gasteiger charge is 2.45. The molecule has 0 radical (unpaired) electrons. The highest BCUT2D eigenvalue weighted by atomic mass is 32.2. The molecule has 3 unspecified atom stereocenters. The molecule has 3 nitrogen and oxygen atoms in total. The summed E-state index contributed by atoms with van der Waals surface area (Å²) in [5, 5.41) is 9.29. The summed E-state index contributed by atoms with van der Waals surface area (Å²) in [6.45, 7) is 1.56. The van der Waals surface area contributed by atoms with Crippen molar-refractivity contribution >= 4 is 17.7 Å². The fourth-order valence-corrected chi connectivity index (χ4v) is 4.91. The van der Waals surface area contributed by atoms with E-state index in [2.05, 4.69) is 6.07 Å². The molecule has 4 heteroatoms. The van der Waals surface area contributed by atoms with E-state index in [4.69, 9.17) is 0 Å². The number of thioether (sulfide) groups is 1. The molecule has 1 amide bonds. The van der Waals surface area contributed by atoms with Crippen LogP contribution in [0.2, 0.25) is 0 Å². The number of carbonyl (C=O) groups excluding carboxylic acids is 1. The molecule has 1 saturated heterocycles. The Bertz CT molecular complexity index is 409. The van der Waals surface area contributed by atoms with Crippen molar-refractivity contribution in [3.63, 3.8) is 0 Å².